The lowest BCUT2D eigenvalue weighted by molar-refractivity contribution is -0.385. The van der Waals surface area contributed by atoms with Gasteiger partial charge in [-0.25, -0.2) is 4.79 Å². The summed E-state index contributed by atoms with van der Waals surface area (Å²) in [6.45, 7) is 3.23. The molecule has 0 saturated carbocycles. The van der Waals surface area contributed by atoms with Gasteiger partial charge in [0.25, 0.3) is 5.69 Å². The number of non-ortho nitro benzene ring substituents is 1. The Labute approximate surface area is 126 Å². The second-order valence-corrected chi connectivity index (χ2v) is 5.85. The van der Waals surface area contributed by atoms with Crippen LogP contribution in [0, 0.1) is 10.1 Å². The molecular formula is C14H16N2O6. The van der Waals surface area contributed by atoms with Gasteiger partial charge in [-0.3, -0.25) is 20.4 Å². The maximum absolute atomic E-state index is 11.4. The molecule has 1 unspecified atom stereocenters. The zero-order chi connectivity index (χ0) is 16.7. The molecule has 1 aromatic rings. The first-order chi connectivity index (χ1) is 10.1. The molecule has 0 bridgehead atoms. The average Bonchev–Trinajstić information content (AvgIpc) is 2.42. The SMILES string of the molecule is CC1(C)CC(O)(c2cccc([N+](=O)[O-])c2)C(C(=O)O)=CN1O. The number of carboxylic acid groups (broad SMARTS) is 1. The van der Waals surface area contributed by atoms with Gasteiger partial charge in [-0.1, -0.05) is 12.1 Å². The van der Waals surface area contributed by atoms with Crippen LogP contribution >= 0.6 is 0 Å². The second-order valence-electron chi connectivity index (χ2n) is 5.85. The van der Waals surface area contributed by atoms with Crippen LogP contribution in [0.2, 0.25) is 0 Å². The van der Waals surface area contributed by atoms with Crippen LogP contribution in [0.25, 0.3) is 0 Å². The van der Waals surface area contributed by atoms with Crippen LogP contribution < -0.4 is 0 Å². The van der Waals surface area contributed by atoms with Gasteiger partial charge in [0.1, 0.15) is 5.60 Å². The van der Waals surface area contributed by atoms with Gasteiger partial charge in [-0.2, -0.15) is 0 Å². The molecule has 0 amide bonds. The number of nitro groups is 1. The van der Waals surface area contributed by atoms with Crippen molar-refractivity contribution in [1.82, 2.24) is 5.06 Å². The van der Waals surface area contributed by atoms with E-state index in [2.05, 4.69) is 0 Å². The Balaban J connectivity index is 2.63. The first-order valence-corrected chi connectivity index (χ1v) is 6.49. The van der Waals surface area contributed by atoms with Gasteiger partial charge in [0.05, 0.1) is 16.0 Å². The van der Waals surface area contributed by atoms with Crippen molar-refractivity contribution in [2.24, 2.45) is 0 Å². The minimum Gasteiger partial charge on any atom is -0.478 e. The fourth-order valence-electron chi connectivity index (χ4n) is 2.57. The van der Waals surface area contributed by atoms with Crippen molar-refractivity contribution in [3.8, 4) is 0 Å². The summed E-state index contributed by atoms with van der Waals surface area (Å²) in [5, 5.41) is 41.7. The van der Waals surface area contributed by atoms with Crippen LogP contribution in [0.3, 0.4) is 0 Å². The summed E-state index contributed by atoms with van der Waals surface area (Å²) >= 11 is 0. The summed E-state index contributed by atoms with van der Waals surface area (Å²) in [6.07, 6.45) is 0.792. The maximum Gasteiger partial charge on any atom is 0.336 e. The van der Waals surface area contributed by atoms with E-state index in [-0.39, 0.29) is 17.7 Å². The number of hydrogen-bond donors (Lipinski definition) is 3. The summed E-state index contributed by atoms with van der Waals surface area (Å²) in [5.41, 5.74) is -3.50. The van der Waals surface area contributed by atoms with Gasteiger partial charge in [0.15, 0.2) is 0 Å². The van der Waals surface area contributed by atoms with Crippen molar-refractivity contribution < 1.29 is 25.1 Å². The Hall–Kier alpha value is -2.45. The minimum atomic E-state index is -1.94. The third-order valence-electron chi connectivity index (χ3n) is 3.77. The Bertz CT molecular complexity index is 669. The van der Waals surface area contributed by atoms with Crippen LogP contribution in [0.4, 0.5) is 5.69 Å². The number of benzene rings is 1. The normalized spacial score (nSPS) is 23.8. The van der Waals surface area contributed by atoms with Crippen molar-refractivity contribution in [1.29, 1.82) is 0 Å². The summed E-state index contributed by atoms with van der Waals surface area (Å²) in [6, 6.07) is 5.19. The highest BCUT2D eigenvalue weighted by Crippen LogP contribution is 2.43. The van der Waals surface area contributed by atoms with E-state index in [0.717, 1.165) is 17.3 Å². The smallest absolute Gasteiger partial charge is 0.336 e. The molecule has 22 heavy (non-hydrogen) atoms. The molecule has 0 spiro atoms. The Morgan fingerprint density at radius 3 is 2.59 bits per heavy atom. The maximum atomic E-state index is 11.4. The molecule has 1 atom stereocenters. The van der Waals surface area contributed by atoms with Gasteiger partial charge < -0.3 is 10.2 Å². The first kappa shape index (κ1) is 15.9. The molecule has 8 heteroatoms. The lowest BCUT2D eigenvalue weighted by atomic mass is 9.74. The van der Waals surface area contributed by atoms with E-state index in [9.17, 15) is 30.3 Å². The molecular weight excluding hydrogens is 292 g/mol. The van der Waals surface area contributed by atoms with E-state index >= 15 is 0 Å². The number of carbonyl (C=O) groups is 1. The molecule has 0 aliphatic carbocycles. The zero-order valence-corrected chi connectivity index (χ0v) is 12.1. The Morgan fingerprint density at radius 2 is 2.05 bits per heavy atom. The number of carboxylic acids is 1. The summed E-state index contributed by atoms with van der Waals surface area (Å²) in [4.78, 5) is 21.7. The zero-order valence-electron chi connectivity index (χ0n) is 12.1. The highest BCUT2D eigenvalue weighted by Gasteiger charge is 2.48. The van der Waals surface area contributed by atoms with E-state index < -0.39 is 27.6 Å². The van der Waals surface area contributed by atoms with Gasteiger partial charge in [0.2, 0.25) is 0 Å². The molecule has 0 fully saturated rings. The van der Waals surface area contributed by atoms with Gasteiger partial charge in [-0.15, -0.1) is 0 Å². The van der Waals surface area contributed by atoms with E-state index in [0.29, 0.717) is 0 Å². The van der Waals surface area contributed by atoms with Crippen LogP contribution in [-0.2, 0) is 10.4 Å². The molecule has 0 aromatic heterocycles. The number of hydroxylamine groups is 2. The lowest BCUT2D eigenvalue weighted by Gasteiger charge is -2.45. The van der Waals surface area contributed by atoms with Crippen molar-refractivity contribution in [3.63, 3.8) is 0 Å². The fraction of sp³-hybridized carbons (Fsp3) is 0.357. The third kappa shape index (κ3) is 2.53. The van der Waals surface area contributed by atoms with Crippen molar-refractivity contribution in [3.05, 3.63) is 51.7 Å². The van der Waals surface area contributed by atoms with E-state index in [1.807, 2.05) is 0 Å². The molecule has 3 N–H and O–H groups in total. The third-order valence-corrected chi connectivity index (χ3v) is 3.77. The van der Waals surface area contributed by atoms with E-state index in [1.165, 1.54) is 18.2 Å². The monoisotopic (exact) mass is 308 g/mol. The summed E-state index contributed by atoms with van der Waals surface area (Å²) < 4.78 is 0. The molecule has 118 valence electrons. The standard InChI is InChI=1S/C14H16N2O6/c1-13(2)8-14(19,11(12(17)18)7-15(13)20)9-4-3-5-10(6-9)16(21)22/h3-7,19-20H,8H2,1-2H3,(H,17,18). The Kier molecular flexibility index (Phi) is 3.68. The highest BCUT2D eigenvalue weighted by molar-refractivity contribution is 5.89. The first-order valence-electron chi connectivity index (χ1n) is 6.49. The summed E-state index contributed by atoms with van der Waals surface area (Å²) in [7, 11) is 0. The van der Waals surface area contributed by atoms with Crippen LogP contribution in [0.1, 0.15) is 25.8 Å². The highest BCUT2D eigenvalue weighted by atomic mass is 16.6. The fourth-order valence-corrected chi connectivity index (χ4v) is 2.57. The largest absolute Gasteiger partial charge is 0.478 e. The minimum absolute atomic E-state index is 0.0940. The van der Waals surface area contributed by atoms with Crippen LogP contribution in [-0.4, -0.2) is 36.9 Å². The predicted molar refractivity (Wildman–Crippen MR) is 75.0 cm³/mol. The molecule has 0 radical (unpaired) electrons. The number of hydrogen-bond acceptors (Lipinski definition) is 6. The van der Waals surface area contributed by atoms with Crippen LogP contribution in [0.5, 0.6) is 0 Å². The molecule has 0 saturated heterocycles. The Morgan fingerprint density at radius 1 is 1.41 bits per heavy atom. The number of nitro benzene ring substituents is 1. The van der Waals surface area contributed by atoms with Crippen molar-refractivity contribution >= 4 is 11.7 Å². The molecule has 1 heterocycles. The second kappa shape index (κ2) is 5.08. The molecule has 2 rings (SSSR count). The molecule has 1 aliphatic heterocycles. The summed E-state index contributed by atoms with van der Waals surface area (Å²) in [5.74, 6) is -1.41. The van der Waals surface area contributed by atoms with Gasteiger partial charge in [-0.05, 0) is 19.4 Å². The number of nitrogens with zero attached hydrogens (tertiary/aromatic N) is 2. The van der Waals surface area contributed by atoms with Gasteiger partial charge >= 0.3 is 5.97 Å². The topological polar surface area (TPSA) is 124 Å². The molecule has 1 aliphatic rings. The van der Waals surface area contributed by atoms with Crippen molar-refractivity contribution in [2.75, 3.05) is 0 Å². The number of rotatable bonds is 3. The number of aliphatic hydroxyl groups is 1. The lowest BCUT2D eigenvalue weighted by Crippen LogP contribution is -2.51. The molecule has 1 aromatic carbocycles. The van der Waals surface area contributed by atoms with Crippen molar-refractivity contribution in [2.45, 2.75) is 31.4 Å². The average molecular weight is 308 g/mol. The molecule has 8 nitrogen and oxygen atoms in total. The quantitative estimate of drug-likeness (QED) is 0.572. The van der Waals surface area contributed by atoms with Crippen LogP contribution in [0.15, 0.2) is 36.0 Å². The number of aliphatic carboxylic acids is 1. The van der Waals surface area contributed by atoms with E-state index in [4.69, 9.17) is 0 Å². The van der Waals surface area contributed by atoms with E-state index in [1.54, 1.807) is 13.8 Å². The van der Waals surface area contributed by atoms with Gasteiger partial charge in [0, 0.05) is 24.8 Å². The predicted octanol–water partition coefficient (Wildman–Crippen LogP) is 1.62.